The minimum absolute atomic E-state index is 0.653. The lowest BCUT2D eigenvalue weighted by atomic mass is 9.92. The summed E-state index contributed by atoms with van der Waals surface area (Å²) < 4.78 is 4.72. The van der Waals surface area contributed by atoms with Gasteiger partial charge in [0.05, 0.1) is 11.2 Å². The highest BCUT2D eigenvalue weighted by molar-refractivity contribution is 7.26. The zero-order valence-corrected chi connectivity index (χ0v) is 29.4. The third-order valence-electron chi connectivity index (χ3n) is 10.2. The van der Waals surface area contributed by atoms with Crippen molar-refractivity contribution in [1.29, 1.82) is 0 Å². The molecule has 0 N–H and O–H groups in total. The predicted molar refractivity (Wildman–Crippen MR) is 216 cm³/mol. The molecule has 10 aromatic rings. The Hall–Kier alpha value is -6.50. The topological polar surface area (TPSA) is 56.5 Å². The van der Waals surface area contributed by atoms with Gasteiger partial charge in [-0.25, -0.2) is 19.9 Å². The average Bonchev–Trinajstić information content (AvgIpc) is 3.75. The van der Waals surface area contributed by atoms with Crippen LogP contribution in [-0.2, 0) is 0 Å². The van der Waals surface area contributed by atoms with E-state index in [9.17, 15) is 0 Å². The highest BCUT2D eigenvalue weighted by Gasteiger charge is 2.20. The Labute approximate surface area is 304 Å². The van der Waals surface area contributed by atoms with Crippen molar-refractivity contribution in [2.24, 2.45) is 0 Å². The van der Waals surface area contributed by atoms with Gasteiger partial charge in [-0.15, -0.1) is 11.3 Å². The lowest BCUT2D eigenvalue weighted by molar-refractivity contribution is 1.07. The summed E-state index contributed by atoms with van der Waals surface area (Å²) in [6.07, 6.45) is 1.87. The lowest BCUT2D eigenvalue weighted by Gasteiger charge is -2.17. The second-order valence-corrected chi connectivity index (χ2v) is 14.2. The molecule has 0 aliphatic heterocycles. The van der Waals surface area contributed by atoms with Crippen molar-refractivity contribution < 1.29 is 0 Å². The lowest BCUT2D eigenvalue weighted by Crippen LogP contribution is -2.02. The Kier molecular flexibility index (Phi) is 7.05. The second kappa shape index (κ2) is 12.1. The minimum Gasteiger partial charge on any atom is -0.294 e. The predicted octanol–water partition coefficient (Wildman–Crippen LogP) is 12.0. The summed E-state index contributed by atoms with van der Waals surface area (Å²) in [7, 11) is 0. The number of aromatic nitrogens is 5. The normalized spacial score (nSPS) is 11.7. The quantitative estimate of drug-likeness (QED) is 0.181. The van der Waals surface area contributed by atoms with E-state index < -0.39 is 0 Å². The van der Waals surface area contributed by atoms with E-state index >= 15 is 0 Å². The van der Waals surface area contributed by atoms with Gasteiger partial charge >= 0.3 is 0 Å². The fraction of sp³-hybridized carbons (Fsp3) is 0.0435. The van der Waals surface area contributed by atoms with Gasteiger partial charge in [0, 0.05) is 53.8 Å². The number of para-hydroxylation sites is 1. The molecule has 6 aromatic carbocycles. The number of hydrogen-bond donors (Lipinski definition) is 0. The molecule has 0 atom stereocenters. The van der Waals surface area contributed by atoms with Crippen LogP contribution in [0.1, 0.15) is 11.1 Å². The van der Waals surface area contributed by atoms with Crippen LogP contribution in [-0.4, -0.2) is 24.5 Å². The van der Waals surface area contributed by atoms with Gasteiger partial charge in [0.1, 0.15) is 5.65 Å². The largest absolute Gasteiger partial charge is 0.294 e. The molecule has 0 saturated carbocycles. The summed E-state index contributed by atoms with van der Waals surface area (Å²) in [5.41, 5.74) is 10.7. The average molecular weight is 686 g/mol. The highest BCUT2D eigenvalue weighted by atomic mass is 32.1. The molecule has 0 aliphatic rings. The zero-order valence-electron chi connectivity index (χ0n) is 28.6. The van der Waals surface area contributed by atoms with E-state index in [2.05, 4.69) is 140 Å². The van der Waals surface area contributed by atoms with Gasteiger partial charge < -0.3 is 0 Å². The molecule has 0 unspecified atom stereocenters. The van der Waals surface area contributed by atoms with Crippen molar-refractivity contribution in [3.8, 4) is 51.0 Å². The second-order valence-electron chi connectivity index (χ2n) is 13.1. The molecule has 4 aromatic heterocycles. The van der Waals surface area contributed by atoms with Gasteiger partial charge in [-0.3, -0.25) is 4.57 Å². The van der Waals surface area contributed by atoms with E-state index in [1.807, 2.05) is 30.5 Å². The van der Waals surface area contributed by atoms with E-state index in [1.54, 1.807) is 11.3 Å². The van der Waals surface area contributed by atoms with Gasteiger partial charge in [0.25, 0.3) is 0 Å². The first kappa shape index (κ1) is 30.3. The number of fused-ring (bicyclic) bond motifs is 6. The fourth-order valence-corrected chi connectivity index (χ4v) is 8.84. The zero-order chi connectivity index (χ0) is 34.8. The minimum atomic E-state index is 0.653. The maximum atomic E-state index is 5.24. The van der Waals surface area contributed by atoms with Crippen LogP contribution in [0.4, 0.5) is 0 Å². The number of nitrogens with zero attached hydrogens (tertiary/aromatic N) is 5. The van der Waals surface area contributed by atoms with Crippen molar-refractivity contribution in [2.75, 3.05) is 0 Å². The van der Waals surface area contributed by atoms with Gasteiger partial charge in [-0.2, -0.15) is 0 Å². The third kappa shape index (κ3) is 4.76. The number of benzene rings is 6. The molecule has 0 radical (unpaired) electrons. The van der Waals surface area contributed by atoms with Crippen LogP contribution in [0.3, 0.4) is 0 Å². The molecule has 0 bridgehead atoms. The Morgan fingerprint density at radius 2 is 1.08 bits per heavy atom. The first-order valence-corrected chi connectivity index (χ1v) is 18.2. The van der Waals surface area contributed by atoms with Crippen molar-refractivity contribution in [3.05, 3.63) is 163 Å². The summed E-state index contributed by atoms with van der Waals surface area (Å²) in [5.74, 6) is 1.98. The van der Waals surface area contributed by atoms with E-state index in [1.165, 1.54) is 31.1 Å². The van der Waals surface area contributed by atoms with Crippen LogP contribution in [0.2, 0.25) is 0 Å². The van der Waals surface area contributed by atoms with Crippen LogP contribution < -0.4 is 0 Å². The van der Waals surface area contributed by atoms with Gasteiger partial charge in [-0.1, -0.05) is 109 Å². The molecule has 0 aliphatic carbocycles. The van der Waals surface area contributed by atoms with Crippen LogP contribution in [0.5, 0.6) is 0 Å². The smallest absolute Gasteiger partial charge is 0.165 e. The van der Waals surface area contributed by atoms with E-state index in [4.69, 9.17) is 19.9 Å². The summed E-state index contributed by atoms with van der Waals surface area (Å²) in [6, 6.07) is 50.9. The van der Waals surface area contributed by atoms with Crippen molar-refractivity contribution in [2.45, 2.75) is 13.8 Å². The van der Waals surface area contributed by atoms with Crippen LogP contribution >= 0.6 is 11.3 Å². The molecular weight excluding hydrogens is 655 g/mol. The summed E-state index contributed by atoms with van der Waals surface area (Å²) in [5, 5.41) is 4.81. The summed E-state index contributed by atoms with van der Waals surface area (Å²) in [4.78, 5) is 20.3. The fourth-order valence-electron chi connectivity index (χ4n) is 7.62. The number of thiophene rings is 1. The monoisotopic (exact) mass is 685 g/mol. The molecule has 0 amide bonds. The number of pyridine rings is 1. The Morgan fingerprint density at radius 1 is 0.462 bits per heavy atom. The van der Waals surface area contributed by atoms with Gasteiger partial charge in [0.15, 0.2) is 17.5 Å². The Bertz CT molecular complexity index is 2940. The molecule has 246 valence electrons. The van der Waals surface area contributed by atoms with Crippen LogP contribution in [0.25, 0.3) is 93.1 Å². The molecule has 6 heteroatoms. The molecule has 0 saturated heterocycles. The molecular formula is C46H31N5S. The van der Waals surface area contributed by atoms with Crippen molar-refractivity contribution in [1.82, 2.24) is 24.5 Å². The molecule has 0 fully saturated rings. The van der Waals surface area contributed by atoms with Crippen molar-refractivity contribution in [3.63, 3.8) is 0 Å². The van der Waals surface area contributed by atoms with Crippen molar-refractivity contribution >= 4 is 53.4 Å². The Morgan fingerprint density at radius 3 is 1.94 bits per heavy atom. The molecule has 10 rings (SSSR count). The maximum Gasteiger partial charge on any atom is 0.165 e. The van der Waals surface area contributed by atoms with Gasteiger partial charge in [-0.05, 0) is 72.5 Å². The number of hydrogen-bond acceptors (Lipinski definition) is 5. The first-order valence-electron chi connectivity index (χ1n) is 17.4. The van der Waals surface area contributed by atoms with Crippen LogP contribution in [0.15, 0.2) is 152 Å². The van der Waals surface area contributed by atoms with E-state index in [0.29, 0.717) is 17.5 Å². The SMILES string of the molecule is Cc1c(-c2nc(-c3ccccc3)nc(-c3cccc4c3sc3ccccc34)n2)cccc1-c1cccc(-n2c3ccccc3c3cccnc32)c1C. The molecule has 52 heavy (non-hydrogen) atoms. The standard InChI is InChI=1S/C46H31N5S/c1-28-31(32-19-12-25-39(29(32)2)51-40-24-8-6-16-34(40)37-23-13-27-47-46(37)51)18-10-20-33(28)44-48-43(30-14-4-3-5-15-30)49-45(50-44)38-22-11-21-36-35-17-7-9-26-41(35)52-42(36)38/h3-27H,1-2H3. The maximum absolute atomic E-state index is 5.24. The molecule has 0 spiro atoms. The molecule has 5 nitrogen and oxygen atoms in total. The van der Waals surface area contributed by atoms with E-state index in [-0.39, 0.29) is 0 Å². The number of rotatable bonds is 5. The van der Waals surface area contributed by atoms with E-state index in [0.717, 1.165) is 55.6 Å². The third-order valence-corrected chi connectivity index (χ3v) is 11.4. The Balaban J connectivity index is 1.16. The van der Waals surface area contributed by atoms with Gasteiger partial charge in [0.2, 0.25) is 0 Å². The highest BCUT2D eigenvalue weighted by Crippen LogP contribution is 2.41. The summed E-state index contributed by atoms with van der Waals surface area (Å²) >= 11 is 1.79. The first-order chi connectivity index (χ1) is 25.6. The van der Waals surface area contributed by atoms with Crippen LogP contribution in [0, 0.1) is 13.8 Å². The summed E-state index contributed by atoms with van der Waals surface area (Å²) in [6.45, 7) is 4.39. The molecule has 4 heterocycles.